The summed E-state index contributed by atoms with van der Waals surface area (Å²) in [4.78, 5) is 32.3. The highest BCUT2D eigenvalue weighted by Crippen LogP contribution is 2.27. The van der Waals surface area contributed by atoms with Gasteiger partial charge < -0.3 is 14.2 Å². The van der Waals surface area contributed by atoms with Crippen LogP contribution in [0.4, 0.5) is 4.39 Å². The number of hydrogen-bond acceptors (Lipinski definition) is 4. The van der Waals surface area contributed by atoms with Crippen LogP contribution < -0.4 is 0 Å². The first-order chi connectivity index (χ1) is 13.6. The van der Waals surface area contributed by atoms with Gasteiger partial charge in [-0.2, -0.15) is 0 Å². The minimum atomic E-state index is -0.260. The number of rotatable bonds is 5. The quantitative estimate of drug-likeness (QED) is 0.794. The molecule has 0 N–H and O–H groups in total. The van der Waals surface area contributed by atoms with Gasteiger partial charge in [-0.1, -0.05) is 12.1 Å². The van der Waals surface area contributed by atoms with Gasteiger partial charge in [0.05, 0.1) is 18.7 Å². The number of likely N-dealkylation sites (tertiary alicyclic amines) is 2. The number of carbonyl (C=O) groups excluding carboxylic acids is 2. The van der Waals surface area contributed by atoms with Crippen molar-refractivity contribution < 1.29 is 18.4 Å². The number of halogens is 1. The first-order valence-corrected chi connectivity index (χ1v) is 9.83. The highest BCUT2D eigenvalue weighted by molar-refractivity contribution is 5.86. The van der Waals surface area contributed by atoms with Gasteiger partial charge in [-0.15, -0.1) is 0 Å². The second-order valence-electron chi connectivity index (χ2n) is 7.57. The Hall–Kier alpha value is -2.70. The number of carbonyl (C=O) groups is 2. The molecule has 0 aliphatic carbocycles. The zero-order chi connectivity index (χ0) is 19.5. The molecule has 2 amide bonds. The smallest absolute Gasteiger partial charge is 0.242 e. The van der Waals surface area contributed by atoms with Crippen LogP contribution in [0.3, 0.4) is 0 Å². The number of amides is 2. The summed E-state index contributed by atoms with van der Waals surface area (Å²) in [5.74, 6) is 1.25. The lowest BCUT2D eigenvalue weighted by molar-refractivity contribution is -0.139. The Morgan fingerprint density at radius 1 is 1.21 bits per heavy atom. The second-order valence-corrected chi connectivity index (χ2v) is 7.57. The molecule has 1 aromatic heterocycles. The van der Waals surface area contributed by atoms with Crippen molar-refractivity contribution in [3.05, 3.63) is 53.5 Å². The van der Waals surface area contributed by atoms with Gasteiger partial charge in [0.25, 0.3) is 0 Å². The van der Waals surface area contributed by atoms with E-state index in [-0.39, 0.29) is 30.1 Å². The standard InChI is InChI=1S/C21H24FN3O3/c22-17-7-5-15(6-8-17)11-18-12-23-21(28-18)16-3-1-9-24(13-16)20(27)14-25-10-2-4-19(25)26/h5-8,12,16H,1-4,9-11,13-14H2. The third-order valence-corrected chi connectivity index (χ3v) is 5.48. The molecule has 2 saturated heterocycles. The first kappa shape index (κ1) is 18.7. The van der Waals surface area contributed by atoms with E-state index in [1.165, 1.54) is 12.1 Å². The fraction of sp³-hybridized carbons (Fsp3) is 0.476. The van der Waals surface area contributed by atoms with Crippen LogP contribution in [0, 0.1) is 5.82 Å². The van der Waals surface area contributed by atoms with Crippen LogP contribution in [0.2, 0.25) is 0 Å². The average Bonchev–Trinajstić information content (AvgIpc) is 3.33. The minimum Gasteiger partial charge on any atom is -0.445 e. The lowest BCUT2D eigenvalue weighted by atomic mass is 9.98. The Morgan fingerprint density at radius 2 is 2.04 bits per heavy atom. The average molecular weight is 385 g/mol. The molecule has 2 aliphatic rings. The number of hydrogen-bond donors (Lipinski definition) is 0. The molecule has 1 unspecified atom stereocenters. The predicted octanol–water partition coefficient (Wildman–Crippen LogP) is 2.73. The molecule has 1 aromatic carbocycles. The van der Waals surface area contributed by atoms with Crippen LogP contribution in [0.15, 0.2) is 34.9 Å². The highest BCUT2D eigenvalue weighted by Gasteiger charge is 2.30. The van der Waals surface area contributed by atoms with E-state index in [4.69, 9.17) is 4.42 Å². The zero-order valence-electron chi connectivity index (χ0n) is 15.8. The van der Waals surface area contributed by atoms with Gasteiger partial charge in [0.2, 0.25) is 11.8 Å². The molecule has 6 nitrogen and oxygen atoms in total. The molecule has 2 aromatic rings. The molecular formula is C21H24FN3O3. The maximum Gasteiger partial charge on any atom is 0.242 e. The van der Waals surface area contributed by atoms with Crippen molar-refractivity contribution in [2.75, 3.05) is 26.2 Å². The van der Waals surface area contributed by atoms with Crippen molar-refractivity contribution in [1.82, 2.24) is 14.8 Å². The maximum atomic E-state index is 13.0. The molecular weight excluding hydrogens is 361 g/mol. The highest BCUT2D eigenvalue weighted by atomic mass is 19.1. The maximum absolute atomic E-state index is 13.0. The Balaban J connectivity index is 1.36. The van der Waals surface area contributed by atoms with E-state index in [1.807, 2.05) is 4.90 Å². The number of oxazole rings is 1. The van der Waals surface area contributed by atoms with Crippen LogP contribution in [0.1, 0.15) is 48.8 Å². The van der Waals surface area contributed by atoms with E-state index in [0.29, 0.717) is 38.4 Å². The second kappa shape index (κ2) is 8.12. The summed E-state index contributed by atoms with van der Waals surface area (Å²) in [6.07, 6.45) is 5.45. The zero-order valence-corrected chi connectivity index (χ0v) is 15.8. The van der Waals surface area contributed by atoms with E-state index >= 15 is 0 Å². The molecule has 2 aliphatic heterocycles. The number of piperidine rings is 1. The molecule has 4 rings (SSSR count). The fourth-order valence-corrected chi connectivity index (χ4v) is 3.94. The third kappa shape index (κ3) is 4.24. The molecule has 1 atom stereocenters. The topological polar surface area (TPSA) is 66.7 Å². The molecule has 3 heterocycles. The Bertz CT molecular complexity index is 849. The minimum absolute atomic E-state index is 0.00181. The summed E-state index contributed by atoms with van der Waals surface area (Å²) in [6, 6.07) is 6.33. The van der Waals surface area contributed by atoms with E-state index in [0.717, 1.165) is 30.6 Å². The van der Waals surface area contributed by atoms with Crippen LogP contribution in [0.5, 0.6) is 0 Å². The van der Waals surface area contributed by atoms with Crippen molar-refractivity contribution >= 4 is 11.8 Å². The van der Waals surface area contributed by atoms with Crippen LogP contribution in [-0.2, 0) is 16.0 Å². The third-order valence-electron chi connectivity index (χ3n) is 5.48. The summed E-state index contributed by atoms with van der Waals surface area (Å²) in [7, 11) is 0. The largest absolute Gasteiger partial charge is 0.445 e. The van der Waals surface area contributed by atoms with E-state index in [1.54, 1.807) is 23.2 Å². The molecule has 7 heteroatoms. The van der Waals surface area contributed by atoms with Gasteiger partial charge in [-0.05, 0) is 37.0 Å². The number of benzene rings is 1. The van der Waals surface area contributed by atoms with Gasteiger partial charge in [-0.3, -0.25) is 9.59 Å². The van der Waals surface area contributed by atoms with Crippen LogP contribution >= 0.6 is 0 Å². The number of nitrogens with zero attached hydrogens (tertiary/aromatic N) is 3. The number of aromatic nitrogens is 1. The van der Waals surface area contributed by atoms with E-state index in [2.05, 4.69) is 4.98 Å². The van der Waals surface area contributed by atoms with E-state index in [9.17, 15) is 14.0 Å². The predicted molar refractivity (Wildman–Crippen MR) is 100 cm³/mol. The first-order valence-electron chi connectivity index (χ1n) is 9.83. The molecule has 28 heavy (non-hydrogen) atoms. The lowest BCUT2D eigenvalue weighted by Crippen LogP contribution is -2.45. The van der Waals surface area contributed by atoms with Gasteiger partial charge in [0.1, 0.15) is 11.6 Å². The molecule has 148 valence electrons. The molecule has 0 spiro atoms. The van der Waals surface area contributed by atoms with Crippen molar-refractivity contribution in [1.29, 1.82) is 0 Å². The molecule has 0 saturated carbocycles. The summed E-state index contributed by atoms with van der Waals surface area (Å²) in [5, 5.41) is 0. The van der Waals surface area contributed by atoms with Crippen LogP contribution in [-0.4, -0.2) is 52.8 Å². The van der Waals surface area contributed by atoms with E-state index < -0.39 is 0 Å². The molecule has 0 radical (unpaired) electrons. The van der Waals surface area contributed by atoms with Crippen molar-refractivity contribution in [3.63, 3.8) is 0 Å². The normalized spacial score (nSPS) is 20.0. The van der Waals surface area contributed by atoms with Gasteiger partial charge in [0, 0.05) is 32.5 Å². The summed E-state index contributed by atoms with van der Waals surface area (Å²) in [5.41, 5.74) is 0.958. The van der Waals surface area contributed by atoms with Crippen molar-refractivity contribution in [2.45, 2.75) is 38.0 Å². The lowest BCUT2D eigenvalue weighted by Gasteiger charge is -2.32. The monoisotopic (exact) mass is 385 g/mol. The Kier molecular flexibility index (Phi) is 5.41. The molecule has 0 bridgehead atoms. The van der Waals surface area contributed by atoms with Crippen molar-refractivity contribution in [2.24, 2.45) is 0 Å². The van der Waals surface area contributed by atoms with Crippen molar-refractivity contribution in [3.8, 4) is 0 Å². The van der Waals surface area contributed by atoms with Gasteiger partial charge in [0.15, 0.2) is 5.89 Å². The fourth-order valence-electron chi connectivity index (χ4n) is 3.94. The summed E-state index contributed by atoms with van der Waals surface area (Å²) in [6.45, 7) is 2.12. The van der Waals surface area contributed by atoms with Gasteiger partial charge >= 0.3 is 0 Å². The summed E-state index contributed by atoms with van der Waals surface area (Å²) >= 11 is 0. The Morgan fingerprint density at radius 3 is 2.79 bits per heavy atom. The summed E-state index contributed by atoms with van der Waals surface area (Å²) < 4.78 is 19.0. The molecule has 2 fully saturated rings. The Labute approximate surface area is 163 Å². The van der Waals surface area contributed by atoms with Crippen LogP contribution in [0.25, 0.3) is 0 Å². The SMILES string of the molecule is O=C1CCCN1CC(=O)N1CCCC(c2ncc(Cc3ccc(F)cc3)o2)C1. The van der Waals surface area contributed by atoms with Gasteiger partial charge in [-0.25, -0.2) is 9.37 Å².